The van der Waals surface area contributed by atoms with Crippen molar-refractivity contribution >= 4 is 39.1 Å². The minimum Gasteiger partial charge on any atom is -0.494 e. The summed E-state index contributed by atoms with van der Waals surface area (Å²) in [6.45, 7) is 2.65. The summed E-state index contributed by atoms with van der Waals surface area (Å²) < 4.78 is 6.56. The van der Waals surface area contributed by atoms with Crippen LogP contribution in [-0.4, -0.2) is 24.5 Å². The molecule has 2 heterocycles. The van der Waals surface area contributed by atoms with Crippen LogP contribution in [0.4, 0.5) is 11.4 Å². The second-order valence-corrected chi connectivity index (χ2v) is 8.98. The quantitative estimate of drug-likeness (QED) is 0.425. The maximum atomic E-state index is 13.6. The maximum absolute atomic E-state index is 13.6. The van der Waals surface area contributed by atoms with Crippen LogP contribution in [-0.2, 0) is 14.4 Å². The molecule has 0 radical (unpaired) electrons. The zero-order chi connectivity index (χ0) is 22.9. The summed E-state index contributed by atoms with van der Waals surface area (Å²) in [4.78, 5) is 34.4. The average Bonchev–Trinajstić information content (AvgIpc) is 3.35. The maximum Gasteiger partial charge on any atom is 0.266 e. The van der Waals surface area contributed by atoms with Crippen molar-refractivity contribution in [3.8, 4) is 5.75 Å². The summed E-state index contributed by atoms with van der Waals surface area (Å²) in [7, 11) is 0. The SMILES string of the molecule is CCCOc1ccc(N2C(=O)[C@@H]3[C@H](ON(c4ccccc4)[C@@H]3c3ccc(Br)cc3)C2=O)cc1. The predicted octanol–water partition coefficient (Wildman–Crippen LogP) is 5.29. The smallest absolute Gasteiger partial charge is 0.266 e. The Bertz CT molecular complexity index is 1150. The molecule has 0 unspecified atom stereocenters. The molecule has 2 saturated heterocycles. The lowest BCUT2D eigenvalue weighted by Gasteiger charge is -2.28. The van der Waals surface area contributed by atoms with Gasteiger partial charge in [0.05, 0.1) is 24.0 Å². The van der Waals surface area contributed by atoms with Crippen LogP contribution in [0.1, 0.15) is 24.9 Å². The molecule has 0 saturated carbocycles. The van der Waals surface area contributed by atoms with E-state index in [1.807, 2.05) is 61.5 Å². The van der Waals surface area contributed by atoms with E-state index >= 15 is 0 Å². The van der Waals surface area contributed by atoms with E-state index in [0.717, 1.165) is 22.1 Å². The van der Waals surface area contributed by atoms with Crippen LogP contribution in [0, 0.1) is 5.92 Å². The van der Waals surface area contributed by atoms with Crippen LogP contribution in [0.25, 0.3) is 0 Å². The molecule has 3 aromatic carbocycles. The van der Waals surface area contributed by atoms with Gasteiger partial charge in [-0.05, 0) is 60.5 Å². The van der Waals surface area contributed by atoms with E-state index in [2.05, 4.69) is 15.9 Å². The van der Waals surface area contributed by atoms with E-state index in [0.29, 0.717) is 18.0 Å². The molecule has 3 aromatic rings. The van der Waals surface area contributed by atoms with Crippen LogP contribution in [0.2, 0.25) is 0 Å². The van der Waals surface area contributed by atoms with E-state index in [4.69, 9.17) is 9.57 Å². The summed E-state index contributed by atoms with van der Waals surface area (Å²) in [6.07, 6.45) is 0.0170. The highest BCUT2D eigenvalue weighted by molar-refractivity contribution is 9.10. The zero-order valence-electron chi connectivity index (χ0n) is 18.1. The predicted molar refractivity (Wildman–Crippen MR) is 129 cm³/mol. The topological polar surface area (TPSA) is 59.1 Å². The van der Waals surface area contributed by atoms with Gasteiger partial charge >= 0.3 is 0 Å². The number of fused-ring (bicyclic) bond motifs is 1. The van der Waals surface area contributed by atoms with Crippen molar-refractivity contribution < 1.29 is 19.2 Å². The van der Waals surface area contributed by atoms with Crippen molar-refractivity contribution in [2.75, 3.05) is 16.6 Å². The van der Waals surface area contributed by atoms with E-state index in [1.165, 1.54) is 4.90 Å². The first-order valence-corrected chi connectivity index (χ1v) is 11.7. The Morgan fingerprint density at radius 1 is 0.879 bits per heavy atom. The molecule has 2 aliphatic rings. The number of carbonyl (C=O) groups is 2. The van der Waals surface area contributed by atoms with Crippen molar-refractivity contribution in [1.29, 1.82) is 0 Å². The number of hydrogen-bond donors (Lipinski definition) is 0. The van der Waals surface area contributed by atoms with Gasteiger partial charge in [0, 0.05) is 4.47 Å². The van der Waals surface area contributed by atoms with Gasteiger partial charge in [-0.3, -0.25) is 14.4 Å². The molecule has 2 amide bonds. The Hall–Kier alpha value is -3.16. The number of ether oxygens (including phenoxy) is 1. The number of anilines is 2. The fourth-order valence-electron chi connectivity index (χ4n) is 4.38. The third kappa shape index (κ3) is 3.92. The third-order valence-corrected chi connectivity index (χ3v) is 6.43. The molecule has 0 spiro atoms. The number of halogens is 1. The Kier molecular flexibility index (Phi) is 5.91. The van der Waals surface area contributed by atoms with E-state index in [9.17, 15) is 9.59 Å². The number of rotatable bonds is 6. The fraction of sp³-hybridized carbons (Fsp3) is 0.231. The molecule has 2 aliphatic heterocycles. The average molecular weight is 507 g/mol. The highest BCUT2D eigenvalue weighted by Crippen LogP contribution is 2.47. The Labute approximate surface area is 200 Å². The normalized spacial score (nSPS) is 22.1. The third-order valence-electron chi connectivity index (χ3n) is 5.91. The standard InChI is InChI=1S/C26H23BrN2O4/c1-2-16-32-21-14-12-19(13-15-21)28-25(30)22-23(17-8-10-18(27)11-9-17)29(33-24(22)26(28)31)20-6-4-3-5-7-20/h3-15,22-24H,2,16H2,1H3/t22-,23+,24-/m0/s1. The van der Waals surface area contributed by atoms with Crippen LogP contribution in [0.15, 0.2) is 83.3 Å². The summed E-state index contributed by atoms with van der Waals surface area (Å²) >= 11 is 3.47. The Morgan fingerprint density at radius 3 is 2.24 bits per heavy atom. The van der Waals surface area contributed by atoms with Crippen LogP contribution in [0.5, 0.6) is 5.75 Å². The fourth-order valence-corrected chi connectivity index (χ4v) is 4.64. The van der Waals surface area contributed by atoms with E-state index in [1.54, 1.807) is 29.3 Å². The number of imide groups is 1. The van der Waals surface area contributed by atoms with E-state index in [-0.39, 0.29) is 11.8 Å². The molecule has 2 fully saturated rings. The Balaban J connectivity index is 1.49. The van der Waals surface area contributed by atoms with Crippen molar-refractivity contribution in [3.63, 3.8) is 0 Å². The molecule has 7 heteroatoms. The monoisotopic (exact) mass is 506 g/mol. The van der Waals surface area contributed by atoms with Gasteiger partial charge in [-0.1, -0.05) is 53.2 Å². The minimum absolute atomic E-state index is 0.265. The van der Waals surface area contributed by atoms with Crippen LogP contribution in [0.3, 0.4) is 0 Å². The van der Waals surface area contributed by atoms with Crippen molar-refractivity contribution in [3.05, 3.63) is 88.9 Å². The van der Waals surface area contributed by atoms with Crippen LogP contribution < -0.4 is 14.7 Å². The number of para-hydroxylation sites is 1. The molecule has 0 bridgehead atoms. The molecular formula is C26H23BrN2O4. The summed E-state index contributed by atoms with van der Waals surface area (Å²) in [5.41, 5.74) is 2.22. The molecule has 33 heavy (non-hydrogen) atoms. The first kappa shape index (κ1) is 21.7. The number of amides is 2. The summed E-state index contributed by atoms with van der Waals surface area (Å²) in [5, 5.41) is 1.70. The van der Waals surface area contributed by atoms with Gasteiger partial charge in [0.1, 0.15) is 11.7 Å². The van der Waals surface area contributed by atoms with Gasteiger partial charge in [0.2, 0.25) is 5.91 Å². The number of hydrogen-bond acceptors (Lipinski definition) is 5. The molecule has 6 nitrogen and oxygen atoms in total. The number of benzene rings is 3. The molecule has 0 N–H and O–H groups in total. The second kappa shape index (κ2) is 9.00. The lowest BCUT2D eigenvalue weighted by Crippen LogP contribution is -2.37. The second-order valence-electron chi connectivity index (χ2n) is 8.06. The number of carbonyl (C=O) groups excluding carboxylic acids is 2. The number of nitrogens with zero attached hydrogens (tertiary/aromatic N) is 2. The first-order chi connectivity index (χ1) is 16.1. The largest absolute Gasteiger partial charge is 0.494 e. The van der Waals surface area contributed by atoms with Gasteiger partial charge < -0.3 is 4.74 Å². The van der Waals surface area contributed by atoms with Crippen molar-refractivity contribution in [2.45, 2.75) is 25.5 Å². The first-order valence-electron chi connectivity index (χ1n) is 11.0. The van der Waals surface area contributed by atoms with Crippen LogP contribution >= 0.6 is 15.9 Å². The Morgan fingerprint density at radius 2 is 1.58 bits per heavy atom. The van der Waals surface area contributed by atoms with Gasteiger partial charge in [-0.15, -0.1) is 0 Å². The lowest BCUT2D eigenvalue weighted by atomic mass is 9.90. The summed E-state index contributed by atoms with van der Waals surface area (Å²) in [5.74, 6) is -0.569. The highest BCUT2D eigenvalue weighted by atomic mass is 79.9. The van der Waals surface area contributed by atoms with E-state index < -0.39 is 18.1 Å². The lowest BCUT2D eigenvalue weighted by molar-refractivity contribution is -0.126. The molecule has 0 aliphatic carbocycles. The van der Waals surface area contributed by atoms with Gasteiger partial charge in [-0.2, -0.15) is 0 Å². The highest BCUT2D eigenvalue weighted by Gasteiger charge is 2.60. The van der Waals surface area contributed by atoms with Gasteiger partial charge in [0.15, 0.2) is 6.10 Å². The molecule has 3 atom stereocenters. The molecule has 0 aromatic heterocycles. The number of hydroxylamine groups is 1. The molecular weight excluding hydrogens is 484 g/mol. The zero-order valence-corrected chi connectivity index (χ0v) is 19.6. The molecule has 168 valence electrons. The van der Waals surface area contributed by atoms with Gasteiger partial charge in [-0.25, -0.2) is 9.96 Å². The van der Waals surface area contributed by atoms with Crippen molar-refractivity contribution in [1.82, 2.24) is 0 Å². The molecule has 5 rings (SSSR count). The van der Waals surface area contributed by atoms with Gasteiger partial charge in [0.25, 0.3) is 5.91 Å². The minimum atomic E-state index is -0.887. The summed E-state index contributed by atoms with van der Waals surface area (Å²) in [6, 6.07) is 23.9. The van der Waals surface area contributed by atoms with Crippen molar-refractivity contribution in [2.24, 2.45) is 5.92 Å².